The molecule has 1 saturated carbocycles. The Morgan fingerprint density at radius 1 is 1.00 bits per heavy atom. The van der Waals surface area contributed by atoms with E-state index in [1.807, 2.05) is 0 Å². The van der Waals surface area contributed by atoms with E-state index in [9.17, 15) is 8.42 Å². The van der Waals surface area contributed by atoms with Crippen molar-refractivity contribution in [3.05, 3.63) is 30.3 Å². The molecule has 0 radical (unpaired) electrons. The zero-order valence-corrected chi connectivity index (χ0v) is 13.2. The molecule has 1 aromatic carbocycles. The molecule has 1 fully saturated rings. The van der Waals surface area contributed by atoms with Gasteiger partial charge in [0.2, 0.25) is 0 Å². The third kappa shape index (κ3) is 4.20. The Balaban J connectivity index is 1.92. The summed E-state index contributed by atoms with van der Waals surface area (Å²) in [6, 6.07) is 8.43. The van der Waals surface area contributed by atoms with Crippen LogP contribution in [0.1, 0.15) is 38.5 Å². The second kappa shape index (κ2) is 6.86. The molecule has 2 rings (SSSR count). The fraction of sp³-hybridized carbons (Fsp3) is 0.538. The van der Waals surface area contributed by atoms with Gasteiger partial charge in [-0.05, 0) is 0 Å². The van der Waals surface area contributed by atoms with Crippen molar-refractivity contribution in [1.82, 2.24) is 0 Å². The van der Waals surface area contributed by atoms with Crippen LogP contribution < -0.4 is 21.6 Å². The summed E-state index contributed by atoms with van der Waals surface area (Å²) in [6.07, 6.45) is 7.28. The van der Waals surface area contributed by atoms with Crippen LogP contribution in [-0.4, -0.2) is 12.3 Å². The van der Waals surface area contributed by atoms with Crippen molar-refractivity contribution in [2.75, 3.05) is 0 Å². The molecular weight excluding hydrogens is 363 g/mol. The predicted octanol–water partition coefficient (Wildman–Crippen LogP) is 0.119. The van der Waals surface area contributed by atoms with Crippen molar-refractivity contribution >= 4 is 10.1 Å². The summed E-state index contributed by atoms with van der Waals surface area (Å²) in [7, 11) is -3.52. The topological polar surface area (TPSA) is 43.4 Å². The van der Waals surface area contributed by atoms with Crippen molar-refractivity contribution in [3.8, 4) is 0 Å². The molecule has 0 spiro atoms. The molecule has 0 heterocycles. The van der Waals surface area contributed by atoms with E-state index in [1.165, 1.54) is 25.7 Å². The van der Waals surface area contributed by atoms with Crippen LogP contribution in [-0.2, 0) is 12.6 Å². The fourth-order valence-corrected chi connectivity index (χ4v) is 6.52. The van der Waals surface area contributed by atoms with Crippen molar-refractivity contribution in [3.63, 3.8) is 0 Å². The molecule has 0 aliphatic heterocycles. The molecule has 0 atom stereocenters. The zero-order chi connectivity index (χ0) is 12.8. The van der Waals surface area contributed by atoms with Gasteiger partial charge >= 0.3 is 120 Å². The van der Waals surface area contributed by atoms with Gasteiger partial charge in [0, 0.05) is 0 Å². The van der Waals surface area contributed by atoms with Gasteiger partial charge in [-0.1, -0.05) is 0 Å². The molecular formula is C13H18IO3S-. The molecule has 1 aromatic rings. The Bertz CT molecular complexity index is 450. The van der Waals surface area contributed by atoms with Gasteiger partial charge in [-0.25, -0.2) is 0 Å². The molecule has 0 amide bonds. The van der Waals surface area contributed by atoms with Gasteiger partial charge in [0.1, 0.15) is 0 Å². The van der Waals surface area contributed by atoms with Crippen LogP contribution in [0.5, 0.6) is 0 Å². The Morgan fingerprint density at radius 2 is 1.61 bits per heavy atom. The van der Waals surface area contributed by atoms with Crippen LogP contribution >= 0.6 is 0 Å². The zero-order valence-electron chi connectivity index (χ0n) is 10.2. The van der Waals surface area contributed by atoms with E-state index in [1.54, 1.807) is 30.3 Å². The first-order valence-corrected chi connectivity index (χ1v) is 9.84. The summed E-state index contributed by atoms with van der Waals surface area (Å²) in [5, 5.41) is 0. The van der Waals surface area contributed by atoms with E-state index < -0.39 is 31.7 Å². The van der Waals surface area contributed by atoms with Crippen molar-refractivity contribution in [2.24, 2.45) is 0 Å². The third-order valence-electron chi connectivity index (χ3n) is 3.06. The molecule has 1 aliphatic rings. The van der Waals surface area contributed by atoms with Gasteiger partial charge in [0.15, 0.2) is 0 Å². The molecule has 0 saturated heterocycles. The predicted molar refractivity (Wildman–Crippen MR) is 66.2 cm³/mol. The number of rotatable bonds is 4. The van der Waals surface area contributed by atoms with E-state index in [2.05, 4.69) is 0 Å². The third-order valence-corrected chi connectivity index (χ3v) is 8.16. The van der Waals surface area contributed by atoms with Gasteiger partial charge in [0.25, 0.3) is 0 Å². The summed E-state index contributed by atoms with van der Waals surface area (Å²) in [4.78, 5) is 0.276. The maximum atomic E-state index is 12.0. The molecule has 3 nitrogen and oxygen atoms in total. The number of alkyl halides is 1. The molecule has 1 aliphatic carbocycles. The first-order valence-electron chi connectivity index (χ1n) is 6.30. The van der Waals surface area contributed by atoms with Crippen molar-refractivity contribution in [1.29, 1.82) is 0 Å². The van der Waals surface area contributed by atoms with Crippen LogP contribution in [0.4, 0.5) is 0 Å². The molecule has 0 unspecified atom stereocenters. The average Bonchev–Trinajstić information content (AvgIpc) is 2.66. The first-order chi connectivity index (χ1) is 8.68. The Kier molecular flexibility index (Phi) is 5.44. The molecule has 18 heavy (non-hydrogen) atoms. The second-order valence-electron chi connectivity index (χ2n) is 4.51. The Labute approximate surface area is 120 Å². The molecule has 5 heteroatoms. The number of hydrogen-bond donors (Lipinski definition) is 0. The molecule has 102 valence electrons. The number of halogens is 1. The Morgan fingerprint density at radius 3 is 2.22 bits per heavy atom. The molecule has 0 N–H and O–H groups in total. The van der Waals surface area contributed by atoms with Crippen LogP contribution in [0.3, 0.4) is 0 Å². The van der Waals surface area contributed by atoms with Crippen LogP contribution in [0.25, 0.3) is 0 Å². The van der Waals surface area contributed by atoms with E-state index >= 15 is 0 Å². The van der Waals surface area contributed by atoms with E-state index in [0.717, 1.165) is 12.8 Å². The number of benzene rings is 1. The van der Waals surface area contributed by atoms with Gasteiger partial charge in [-0.15, -0.1) is 0 Å². The second-order valence-corrected chi connectivity index (χ2v) is 9.36. The van der Waals surface area contributed by atoms with Crippen molar-refractivity contribution < 1.29 is 32.6 Å². The van der Waals surface area contributed by atoms with E-state index in [-0.39, 0.29) is 4.90 Å². The minimum absolute atomic E-state index is 0.276. The van der Waals surface area contributed by atoms with Gasteiger partial charge in [-0.2, -0.15) is 0 Å². The maximum absolute atomic E-state index is 12.0. The summed E-state index contributed by atoms with van der Waals surface area (Å²) in [5.41, 5.74) is 0. The van der Waals surface area contributed by atoms with Crippen LogP contribution in [0.15, 0.2) is 35.2 Å². The average molecular weight is 381 g/mol. The van der Waals surface area contributed by atoms with Crippen molar-refractivity contribution in [2.45, 2.75) is 47.3 Å². The first kappa shape index (κ1) is 14.3. The molecule has 0 bridgehead atoms. The summed E-state index contributed by atoms with van der Waals surface area (Å²) in [5.74, 6) is 0. The van der Waals surface area contributed by atoms with Gasteiger partial charge < -0.3 is 0 Å². The van der Waals surface area contributed by atoms with Crippen LogP contribution in [0, 0.1) is 0 Å². The monoisotopic (exact) mass is 381 g/mol. The summed E-state index contributed by atoms with van der Waals surface area (Å²) < 4.78 is 29.7. The fourth-order valence-electron chi connectivity index (χ4n) is 2.04. The summed E-state index contributed by atoms with van der Waals surface area (Å²) in [6.45, 7) is 0. The quantitative estimate of drug-likeness (QED) is 0.423. The van der Waals surface area contributed by atoms with Gasteiger partial charge in [-0.3, -0.25) is 0 Å². The molecule has 0 aromatic heterocycles. The minimum atomic E-state index is -3.52. The van der Waals surface area contributed by atoms with E-state index in [0.29, 0.717) is 3.92 Å². The normalized spacial score (nSPS) is 18.7. The van der Waals surface area contributed by atoms with Gasteiger partial charge in [0.05, 0.1) is 0 Å². The summed E-state index contributed by atoms with van der Waals surface area (Å²) >= 11 is -0.717. The van der Waals surface area contributed by atoms with Crippen LogP contribution in [0.2, 0.25) is 0 Å². The number of hydrogen-bond acceptors (Lipinski definition) is 3. The SMILES string of the molecule is O=S(=O)(O[I-]C1CCCCCC1)c1ccccc1. The van der Waals surface area contributed by atoms with E-state index in [4.69, 9.17) is 2.51 Å². The Hall–Kier alpha value is -0.140. The standard InChI is InChI=1S/C13H18IO3S/c15-18(16,13-10-6-3-7-11-13)17-14-12-8-4-1-2-5-9-12/h3,6-7,10-12H,1-2,4-5,8-9H2/q-1.